The topological polar surface area (TPSA) is 30.5 Å². The molecule has 0 unspecified atom stereocenters. The van der Waals surface area contributed by atoms with Crippen molar-refractivity contribution in [3.05, 3.63) is 0 Å². The fourth-order valence-electron chi connectivity index (χ4n) is 3.50. The highest BCUT2D eigenvalue weighted by atomic mass is 16.5. The first-order valence-corrected chi connectivity index (χ1v) is 7.56. The molecule has 3 nitrogen and oxygen atoms in total. The predicted molar refractivity (Wildman–Crippen MR) is 73.7 cm³/mol. The van der Waals surface area contributed by atoms with Crippen molar-refractivity contribution in [1.82, 2.24) is 5.32 Å². The molecule has 0 aromatic rings. The van der Waals surface area contributed by atoms with Crippen molar-refractivity contribution >= 4 is 0 Å². The van der Waals surface area contributed by atoms with Crippen molar-refractivity contribution < 1.29 is 9.47 Å². The van der Waals surface area contributed by atoms with Crippen molar-refractivity contribution in [1.29, 1.82) is 0 Å². The first kappa shape index (κ1) is 14.3. The molecular formula is C15H29NO2. The minimum atomic E-state index is 0.395. The van der Waals surface area contributed by atoms with Crippen LogP contribution in [-0.4, -0.2) is 37.5 Å². The maximum Gasteiger partial charge on any atom is 0.0639 e. The average molecular weight is 255 g/mol. The third-order valence-corrected chi connectivity index (χ3v) is 4.29. The van der Waals surface area contributed by atoms with E-state index in [0.717, 1.165) is 26.0 Å². The zero-order valence-corrected chi connectivity index (χ0v) is 12.3. The van der Waals surface area contributed by atoms with Crippen molar-refractivity contribution in [2.24, 2.45) is 11.8 Å². The molecule has 2 heterocycles. The van der Waals surface area contributed by atoms with Gasteiger partial charge >= 0.3 is 0 Å². The maximum atomic E-state index is 5.84. The van der Waals surface area contributed by atoms with Gasteiger partial charge < -0.3 is 14.8 Å². The van der Waals surface area contributed by atoms with Gasteiger partial charge in [-0.2, -0.15) is 0 Å². The normalized spacial score (nSPS) is 41.5. The molecule has 0 amide bonds. The van der Waals surface area contributed by atoms with Gasteiger partial charge in [-0.25, -0.2) is 0 Å². The smallest absolute Gasteiger partial charge is 0.0639 e. The van der Waals surface area contributed by atoms with Gasteiger partial charge in [-0.15, -0.1) is 0 Å². The zero-order valence-electron chi connectivity index (χ0n) is 12.3. The molecule has 2 saturated heterocycles. The lowest BCUT2D eigenvalue weighted by molar-refractivity contribution is -0.0430. The van der Waals surface area contributed by atoms with Gasteiger partial charge in [0.05, 0.1) is 18.3 Å². The fourth-order valence-corrected chi connectivity index (χ4v) is 3.50. The van der Waals surface area contributed by atoms with E-state index in [-0.39, 0.29) is 0 Å². The molecule has 18 heavy (non-hydrogen) atoms. The third-order valence-electron chi connectivity index (χ3n) is 4.29. The van der Waals surface area contributed by atoms with Crippen molar-refractivity contribution in [3.8, 4) is 0 Å². The summed E-state index contributed by atoms with van der Waals surface area (Å²) in [7, 11) is 0. The Morgan fingerprint density at radius 2 is 1.83 bits per heavy atom. The Labute approximate surface area is 112 Å². The molecule has 0 aromatic heterocycles. The second kappa shape index (κ2) is 6.36. The number of ether oxygens (including phenoxy) is 2. The zero-order chi connectivity index (χ0) is 13.1. The van der Waals surface area contributed by atoms with Gasteiger partial charge in [0.2, 0.25) is 0 Å². The molecule has 2 rings (SSSR count). The summed E-state index contributed by atoms with van der Waals surface area (Å²) in [6.07, 6.45) is 4.74. The van der Waals surface area contributed by atoms with Crippen molar-refractivity contribution in [3.63, 3.8) is 0 Å². The van der Waals surface area contributed by atoms with Crippen molar-refractivity contribution in [2.75, 3.05) is 13.2 Å². The van der Waals surface area contributed by atoms with Gasteiger partial charge in [0.15, 0.2) is 0 Å². The van der Waals surface area contributed by atoms with E-state index in [9.17, 15) is 0 Å². The molecule has 2 fully saturated rings. The third kappa shape index (κ3) is 3.69. The molecular weight excluding hydrogens is 226 g/mol. The lowest BCUT2D eigenvalue weighted by Gasteiger charge is -2.34. The molecule has 0 spiro atoms. The largest absolute Gasteiger partial charge is 0.378 e. The Bertz CT molecular complexity index is 247. The maximum absolute atomic E-state index is 5.84. The molecule has 0 radical (unpaired) electrons. The minimum absolute atomic E-state index is 0.395. The highest BCUT2D eigenvalue weighted by Gasteiger charge is 2.32. The Hall–Kier alpha value is -0.120. The number of hydrogen-bond acceptors (Lipinski definition) is 3. The Morgan fingerprint density at radius 3 is 2.44 bits per heavy atom. The summed E-state index contributed by atoms with van der Waals surface area (Å²) in [4.78, 5) is 0. The molecule has 1 N–H and O–H groups in total. The second-order valence-electron chi connectivity index (χ2n) is 6.46. The summed E-state index contributed by atoms with van der Waals surface area (Å²) in [5.41, 5.74) is 0. The van der Waals surface area contributed by atoms with Gasteiger partial charge in [0.1, 0.15) is 0 Å². The van der Waals surface area contributed by atoms with Crippen LogP contribution in [0.4, 0.5) is 0 Å². The SMILES string of the molecule is CC(C)[C@H]1OCC[C@@H]1CNC1C[C@@H](C)O[C@H](C)C1. The lowest BCUT2D eigenvalue weighted by Crippen LogP contribution is -2.44. The van der Waals surface area contributed by atoms with Crippen molar-refractivity contribution in [2.45, 2.75) is 71.3 Å². The molecule has 3 heteroatoms. The van der Waals surface area contributed by atoms with Gasteiger partial charge in [0.25, 0.3) is 0 Å². The Morgan fingerprint density at radius 1 is 1.17 bits per heavy atom. The molecule has 2 aliphatic heterocycles. The second-order valence-corrected chi connectivity index (χ2v) is 6.46. The Kier molecular flexibility index (Phi) is 5.05. The van der Waals surface area contributed by atoms with E-state index < -0.39 is 0 Å². The standard InChI is InChI=1S/C15H29NO2/c1-10(2)15-13(5-6-17-15)9-16-14-7-11(3)18-12(4)8-14/h10-16H,5-9H2,1-4H3/t11-,12-,13-,15-/m1/s1. The number of hydrogen-bond donors (Lipinski definition) is 1. The minimum Gasteiger partial charge on any atom is -0.378 e. The van der Waals surface area contributed by atoms with E-state index in [1.807, 2.05) is 0 Å². The van der Waals surface area contributed by atoms with Gasteiger partial charge in [-0.05, 0) is 44.9 Å². The van der Waals surface area contributed by atoms with E-state index in [1.54, 1.807) is 0 Å². The summed E-state index contributed by atoms with van der Waals surface area (Å²) < 4.78 is 11.6. The molecule has 2 aliphatic rings. The lowest BCUT2D eigenvalue weighted by atomic mass is 9.92. The van der Waals surface area contributed by atoms with Crippen LogP contribution in [0, 0.1) is 11.8 Å². The van der Waals surface area contributed by atoms with Crippen LogP contribution < -0.4 is 5.32 Å². The quantitative estimate of drug-likeness (QED) is 0.837. The van der Waals surface area contributed by atoms with Crippen LogP contribution in [0.5, 0.6) is 0 Å². The van der Waals surface area contributed by atoms with Crippen LogP contribution in [0.2, 0.25) is 0 Å². The number of rotatable bonds is 4. The first-order chi connectivity index (χ1) is 8.56. The highest BCUT2D eigenvalue weighted by Crippen LogP contribution is 2.27. The molecule has 0 bridgehead atoms. The average Bonchev–Trinajstić information content (AvgIpc) is 2.73. The van der Waals surface area contributed by atoms with E-state index >= 15 is 0 Å². The fraction of sp³-hybridized carbons (Fsp3) is 1.00. The first-order valence-electron chi connectivity index (χ1n) is 7.56. The Balaban J connectivity index is 1.77. The van der Waals surface area contributed by atoms with Gasteiger partial charge in [-0.1, -0.05) is 13.8 Å². The van der Waals surface area contributed by atoms with Crippen LogP contribution in [0.3, 0.4) is 0 Å². The highest BCUT2D eigenvalue weighted by molar-refractivity contribution is 4.84. The van der Waals surface area contributed by atoms with Gasteiger partial charge in [-0.3, -0.25) is 0 Å². The van der Waals surface area contributed by atoms with E-state index in [1.165, 1.54) is 6.42 Å². The summed E-state index contributed by atoms with van der Waals surface area (Å²) in [6.45, 7) is 10.9. The van der Waals surface area contributed by atoms with Crippen LogP contribution in [0.15, 0.2) is 0 Å². The summed E-state index contributed by atoms with van der Waals surface area (Å²) in [6, 6.07) is 0.622. The summed E-state index contributed by atoms with van der Waals surface area (Å²) in [5.74, 6) is 1.32. The van der Waals surface area contributed by atoms with E-state index in [2.05, 4.69) is 33.0 Å². The van der Waals surface area contributed by atoms with Crippen LogP contribution >= 0.6 is 0 Å². The van der Waals surface area contributed by atoms with E-state index in [0.29, 0.717) is 36.2 Å². The van der Waals surface area contributed by atoms with Crippen LogP contribution in [0.25, 0.3) is 0 Å². The molecule has 4 atom stereocenters. The van der Waals surface area contributed by atoms with E-state index in [4.69, 9.17) is 9.47 Å². The molecule has 106 valence electrons. The molecule has 0 aliphatic carbocycles. The predicted octanol–water partition coefficient (Wildman–Crippen LogP) is 2.59. The van der Waals surface area contributed by atoms with Crippen LogP contribution in [0.1, 0.15) is 47.0 Å². The van der Waals surface area contributed by atoms with Crippen LogP contribution in [-0.2, 0) is 9.47 Å². The van der Waals surface area contributed by atoms with Gasteiger partial charge in [0, 0.05) is 19.2 Å². The molecule has 0 saturated carbocycles. The summed E-state index contributed by atoms with van der Waals surface area (Å²) >= 11 is 0. The summed E-state index contributed by atoms with van der Waals surface area (Å²) in [5, 5.41) is 3.75. The monoisotopic (exact) mass is 255 g/mol. The number of nitrogens with one attached hydrogen (secondary N) is 1. The molecule has 0 aromatic carbocycles.